The maximum absolute atomic E-state index is 6.54. The molecule has 112 valence electrons. The minimum absolute atomic E-state index is 0.0186. The van der Waals surface area contributed by atoms with E-state index in [1.165, 1.54) is 38.5 Å². The van der Waals surface area contributed by atoms with Crippen LogP contribution in [0.3, 0.4) is 0 Å². The van der Waals surface area contributed by atoms with Crippen LogP contribution >= 0.6 is 15.9 Å². The Morgan fingerprint density at radius 2 is 1.65 bits per heavy atom. The average Bonchev–Trinajstić information content (AvgIpc) is 2.75. The van der Waals surface area contributed by atoms with Crippen molar-refractivity contribution in [2.45, 2.75) is 44.6 Å². The first kappa shape index (κ1) is 15.6. The molecule has 1 unspecified atom stereocenters. The van der Waals surface area contributed by atoms with Gasteiger partial charge in [0.2, 0.25) is 0 Å². The highest BCUT2D eigenvalue weighted by atomic mass is 79.9. The fourth-order valence-corrected chi connectivity index (χ4v) is 3.55. The molecule has 0 amide bonds. The summed E-state index contributed by atoms with van der Waals surface area (Å²) in [5, 5.41) is 0. The Morgan fingerprint density at radius 3 is 2.20 bits per heavy atom. The third-order valence-corrected chi connectivity index (χ3v) is 4.89. The van der Waals surface area contributed by atoms with Crippen LogP contribution in [0.1, 0.15) is 50.1 Å². The second-order valence-electron chi connectivity index (χ2n) is 5.51. The Hall–Kier alpha value is -0.740. The first-order valence-corrected chi connectivity index (χ1v) is 8.13. The molecule has 1 aromatic carbocycles. The zero-order valence-corrected chi connectivity index (χ0v) is 13.9. The van der Waals surface area contributed by atoms with Gasteiger partial charge in [0.1, 0.15) is 11.5 Å². The normalized spacial score (nSPS) is 18.4. The Labute approximate surface area is 130 Å². The van der Waals surface area contributed by atoms with Crippen molar-refractivity contribution in [3.63, 3.8) is 0 Å². The van der Waals surface area contributed by atoms with Crippen LogP contribution in [-0.4, -0.2) is 14.2 Å². The smallest absolute Gasteiger partial charge is 0.133 e. The van der Waals surface area contributed by atoms with E-state index in [-0.39, 0.29) is 6.04 Å². The molecule has 0 heterocycles. The molecule has 1 aliphatic carbocycles. The second kappa shape index (κ2) is 7.32. The summed E-state index contributed by atoms with van der Waals surface area (Å²) >= 11 is 3.49. The van der Waals surface area contributed by atoms with Gasteiger partial charge in [0.25, 0.3) is 0 Å². The van der Waals surface area contributed by atoms with E-state index < -0.39 is 0 Å². The molecule has 0 aliphatic heterocycles. The van der Waals surface area contributed by atoms with Gasteiger partial charge in [-0.3, -0.25) is 0 Å². The molecule has 0 radical (unpaired) electrons. The molecule has 1 fully saturated rings. The Balaban J connectivity index is 2.29. The lowest BCUT2D eigenvalue weighted by molar-refractivity contribution is 0.354. The van der Waals surface area contributed by atoms with Crippen LogP contribution in [0.2, 0.25) is 0 Å². The molecular weight excluding hydrogens is 318 g/mol. The summed E-state index contributed by atoms with van der Waals surface area (Å²) in [6.07, 6.45) is 7.67. The van der Waals surface area contributed by atoms with Crippen LogP contribution in [-0.2, 0) is 0 Å². The molecule has 4 heteroatoms. The van der Waals surface area contributed by atoms with Gasteiger partial charge in [-0.2, -0.15) is 0 Å². The average molecular weight is 342 g/mol. The molecule has 20 heavy (non-hydrogen) atoms. The lowest BCUT2D eigenvalue weighted by atomic mass is 9.87. The predicted octanol–water partition coefficient (Wildman–Crippen LogP) is 4.44. The van der Waals surface area contributed by atoms with E-state index in [0.29, 0.717) is 5.92 Å². The van der Waals surface area contributed by atoms with Crippen molar-refractivity contribution in [2.75, 3.05) is 14.2 Å². The topological polar surface area (TPSA) is 44.5 Å². The maximum atomic E-state index is 6.54. The van der Waals surface area contributed by atoms with Crippen LogP contribution in [0.4, 0.5) is 0 Å². The lowest BCUT2D eigenvalue weighted by Crippen LogP contribution is -2.22. The third-order valence-electron chi connectivity index (χ3n) is 4.27. The van der Waals surface area contributed by atoms with Gasteiger partial charge >= 0.3 is 0 Å². The number of ether oxygens (including phenoxy) is 2. The highest BCUT2D eigenvalue weighted by Crippen LogP contribution is 2.40. The van der Waals surface area contributed by atoms with Crippen molar-refractivity contribution < 1.29 is 9.47 Å². The molecule has 1 atom stereocenters. The number of benzene rings is 1. The molecule has 2 N–H and O–H groups in total. The standard InChI is InChI=1S/C16H24BrNO2/c1-19-14-10-13(17)15(20-2)9-12(14)16(18)11-7-5-3-4-6-8-11/h9-11,16H,3-8,18H2,1-2H3. The lowest BCUT2D eigenvalue weighted by Gasteiger charge is -2.25. The van der Waals surface area contributed by atoms with Gasteiger partial charge in [-0.1, -0.05) is 25.7 Å². The Kier molecular flexibility index (Phi) is 5.73. The number of hydrogen-bond donors (Lipinski definition) is 1. The molecular formula is C16H24BrNO2. The van der Waals surface area contributed by atoms with Crippen molar-refractivity contribution in [3.8, 4) is 11.5 Å². The van der Waals surface area contributed by atoms with Gasteiger partial charge in [-0.15, -0.1) is 0 Å². The number of halogens is 1. The Bertz CT molecular complexity index is 442. The number of methoxy groups -OCH3 is 2. The van der Waals surface area contributed by atoms with Crippen LogP contribution in [0.25, 0.3) is 0 Å². The van der Waals surface area contributed by atoms with Crippen molar-refractivity contribution in [1.29, 1.82) is 0 Å². The Morgan fingerprint density at radius 1 is 1.05 bits per heavy atom. The summed E-state index contributed by atoms with van der Waals surface area (Å²) in [6, 6.07) is 3.98. The molecule has 2 rings (SSSR count). The zero-order valence-electron chi connectivity index (χ0n) is 12.3. The summed E-state index contributed by atoms with van der Waals surface area (Å²) in [5.74, 6) is 2.19. The fraction of sp³-hybridized carbons (Fsp3) is 0.625. The van der Waals surface area contributed by atoms with Crippen molar-refractivity contribution in [1.82, 2.24) is 0 Å². The van der Waals surface area contributed by atoms with Crippen LogP contribution < -0.4 is 15.2 Å². The van der Waals surface area contributed by atoms with Crippen LogP contribution in [0.5, 0.6) is 11.5 Å². The van der Waals surface area contributed by atoms with Gasteiger partial charge in [0, 0.05) is 11.6 Å². The molecule has 1 saturated carbocycles. The van der Waals surface area contributed by atoms with E-state index in [1.807, 2.05) is 12.1 Å². The predicted molar refractivity (Wildman–Crippen MR) is 85.4 cm³/mol. The van der Waals surface area contributed by atoms with E-state index >= 15 is 0 Å². The minimum Gasteiger partial charge on any atom is -0.496 e. The van der Waals surface area contributed by atoms with E-state index in [9.17, 15) is 0 Å². The van der Waals surface area contributed by atoms with Gasteiger partial charge in [0.15, 0.2) is 0 Å². The highest BCUT2D eigenvalue weighted by Gasteiger charge is 2.24. The van der Waals surface area contributed by atoms with Gasteiger partial charge in [-0.25, -0.2) is 0 Å². The van der Waals surface area contributed by atoms with E-state index in [1.54, 1.807) is 14.2 Å². The molecule has 0 saturated heterocycles. The van der Waals surface area contributed by atoms with Crippen LogP contribution in [0.15, 0.2) is 16.6 Å². The SMILES string of the molecule is COc1cc(C(N)C2CCCCCC2)c(OC)cc1Br. The van der Waals surface area contributed by atoms with Crippen LogP contribution in [0, 0.1) is 5.92 Å². The minimum atomic E-state index is 0.0186. The summed E-state index contributed by atoms with van der Waals surface area (Å²) < 4.78 is 11.8. The molecule has 1 aliphatic rings. The summed E-state index contributed by atoms with van der Waals surface area (Å²) in [6.45, 7) is 0. The first-order valence-electron chi connectivity index (χ1n) is 7.34. The van der Waals surface area contributed by atoms with E-state index in [4.69, 9.17) is 15.2 Å². The molecule has 1 aromatic rings. The zero-order chi connectivity index (χ0) is 14.5. The summed E-state index contributed by atoms with van der Waals surface area (Å²) in [5.41, 5.74) is 7.59. The third kappa shape index (κ3) is 3.47. The summed E-state index contributed by atoms with van der Waals surface area (Å²) in [7, 11) is 3.37. The number of rotatable bonds is 4. The number of hydrogen-bond acceptors (Lipinski definition) is 3. The molecule has 0 spiro atoms. The fourth-order valence-electron chi connectivity index (χ4n) is 3.07. The number of nitrogens with two attached hydrogens (primary N) is 1. The van der Waals surface area contributed by atoms with Gasteiger partial charge in [-0.05, 0) is 46.8 Å². The van der Waals surface area contributed by atoms with Gasteiger partial charge < -0.3 is 15.2 Å². The molecule has 3 nitrogen and oxygen atoms in total. The highest BCUT2D eigenvalue weighted by molar-refractivity contribution is 9.10. The van der Waals surface area contributed by atoms with Gasteiger partial charge in [0.05, 0.1) is 18.7 Å². The molecule has 0 aromatic heterocycles. The second-order valence-corrected chi connectivity index (χ2v) is 6.36. The van der Waals surface area contributed by atoms with Crippen molar-refractivity contribution >= 4 is 15.9 Å². The van der Waals surface area contributed by atoms with Crippen molar-refractivity contribution in [3.05, 3.63) is 22.2 Å². The summed E-state index contributed by atoms with van der Waals surface area (Å²) in [4.78, 5) is 0. The largest absolute Gasteiger partial charge is 0.496 e. The molecule has 0 bridgehead atoms. The van der Waals surface area contributed by atoms with Crippen molar-refractivity contribution in [2.24, 2.45) is 11.7 Å². The van der Waals surface area contributed by atoms with E-state index in [2.05, 4.69) is 15.9 Å². The quantitative estimate of drug-likeness (QED) is 0.823. The first-order chi connectivity index (χ1) is 9.67. The maximum Gasteiger partial charge on any atom is 0.133 e. The van der Waals surface area contributed by atoms with E-state index in [0.717, 1.165) is 21.5 Å². The monoisotopic (exact) mass is 341 g/mol.